The third-order valence-corrected chi connectivity index (χ3v) is 12.5. The van der Waals surface area contributed by atoms with Crippen LogP contribution in [0.25, 0.3) is 0 Å². The molecule has 35 heavy (non-hydrogen) atoms. The quantitative estimate of drug-likeness (QED) is 0.153. The molecule has 3 rings (SSSR count). The summed E-state index contributed by atoms with van der Waals surface area (Å²) in [5.41, 5.74) is -0.107. The van der Waals surface area contributed by atoms with Crippen molar-refractivity contribution < 1.29 is 46.5 Å². The van der Waals surface area contributed by atoms with Crippen LogP contribution in [0, 0.1) is 30.3 Å². The molecule has 3 aromatic carbocycles. The van der Waals surface area contributed by atoms with Crippen molar-refractivity contribution in [3.63, 3.8) is 0 Å². The summed E-state index contributed by atoms with van der Waals surface area (Å²) in [7, 11) is -4.25. The fourth-order valence-corrected chi connectivity index (χ4v) is 12.7. The summed E-state index contributed by atoms with van der Waals surface area (Å²) in [5, 5.41) is 35.2. The van der Waals surface area contributed by atoms with E-state index in [1.807, 2.05) is 0 Å². The van der Waals surface area contributed by atoms with E-state index in [2.05, 4.69) is 0 Å². The molecule has 17 heteroatoms. The summed E-state index contributed by atoms with van der Waals surface area (Å²) in [6.45, 7) is 0. The van der Waals surface area contributed by atoms with Crippen LogP contribution in [0.3, 0.4) is 0 Å². The number of nitrogens with zero attached hydrogens (tertiary/aromatic N) is 3. The average Bonchev–Trinajstić information content (AvgIpc) is 2.84. The number of hydrogen-bond acceptors (Lipinski definition) is 9. The van der Waals surface area contributed by atoms with Crippen molar-refractivity contribution in [1.82, 2.24) is 0 Å². The number of nitro groups is 3. The Morgan fingerprint density at radius 3 is 1.11 bits per heavy atom. The molecule has 13 nitrogen and oxygen atoms in total. The van der Waals surface area contributed by atoms with Crippen LogP contribution in [0.4, 0.5) is 17.1 Å². The van der Waals surface area contributed by atoms with Gasteiger partial charge in [0.1, 0.15) is 0 Å². The molecule has 0 amide bonds. The fourth-order valence-electron chi connectivity index (χ4n) is 2.77. The SMILES string of the molecule is O=[N+]([O-])c1cccc([SiH2][O][V+2]([O][SiH2]c2cccc([N+](=O)[O-])c2)[O][SiH2]c2cccc([N+](=O)[O-])c2)c1.[O-2]. The Morgan fingerprint density at radius 1 is 0.571 bits per heavy atom. The van der Waals surface area contributed by atoms with Crippen molar-refractivity contribution in [2.24, 2.45) is 0 Å². The Kier molecular flexibility index (Phi) is 11.1. The van der Waals surface area contributed by atoms with Crippen LogP contribution in [-0.4, -0.2) is 44.1 Å². The van der Waals surface area contributed by atoms with E-state index < -0.39 is 60.3 Å². The number of hydrogen-bond donors (Lipinski definition) is 0. The van der Waals surface area contributed by atoms with Crippen LogP contribution in [0.1, 0.15) is 0 Å². The Labute approximate surface area is 211 Å². The van der Waals surface area contributed by atoms with Crippen LogP contribution >= 0.6 is 0 Å². The van der Waals surface area contributed by atoms with Crippen molar-refractivity contribution in [2.45, 2.75) is 0 Å². The van der Waals surface area contributed by atoms with Crippen LogP contribution < -0.4 is 15.6 Å². The molecular weight excluding hydrogens is 553 g/mol. The van der Waals surface area contributed by atoms with Gasteiger partial charge in [-0.05, 0) is 0 Å². The van der Waals surface area contributed by atoms with Crippen LogP contribution in [0.5, 0.6) is 0 Å². The standard InChI is InChI=1S/3C6H6NO3Si.O.V/c3*8-7(9)5-2-1-3-6(4-5)11-10;;/h3*1-4H,11H2;;/q3*-1;-2;+5. The number of benzene rings is 3. The molecule has 182 valence electrons. The maximum absolute atomic E-state index is 11.0. The maximum Gasteiger partial charge on any atom is -2.00 e. The summed E-state index contributed by atoms with van der Waals surface area (Å²) in [4.78, 5) is 31.6. The van der Waals surface area contributed by atoms with Gasteiger partial charge >= 0.3 is 206 Å². The van der Waals surface area contributed by atoms with Gasteiger partial charge in [-0.2, -0.15) is 0 Å². The smallest absolute Gasteiger partial charge is 2.00 e. The molecule has 0 aliphatic rings. The molecule has 3 aromatic rings. The minimum Gasteiger partial charge on any atom is -2.00 e. The van der Waals surface area contributed by atoms with Gasteiger partial charge in [0.2, 0.25) is 0 Å². The Balaban J connectivity index is 0.00000432. The molecule has 0 saturated heterocycles. The zero-order valence-corrected chi connectivity index (χ0v) is 23.6. The van der Waals surface area contributed by atoms with Crippen molar-refractivity contribution in [1.29, 1.82) is 0 Å². The molecule has 0 fully saturated rings. The van der Waals surface area contributed by atoms with Gasteiger partial charge in [-0.1, -0.05) is 0 Å². The van der Waals surface area contributed by atoms with Gasteiger partial charge < -0.3 is 5.48 Å². The molecule has 0 radical (unpaired) electrons. The molecule has 0 aliphatic carbocycles. The first-order valence-electron chi connectivity index (χ1n) is 9.70. The largest absolute Gasteiger partial charge is 2.00 e. The second kappa shape index (κ2) is 13.7. The van der Waals surface area contributed by atoms with Gasteiger partial charge in [0.15, 0.2) is 0 Å². The Morgan fingerprint density at radius 2 is 0.857 bits per heavy atom. The van der Waals surface area contributed by atoms with E-state index in [9.17, 15) is 30.3 Å². The van der Waals surface area contributed by atoms with Crippen molar-refractivity contribution in [3.8, 4) is 0 Å². The Hall–Kier alpha value is -3.06. The number of nitro benzene ring substituents is 3. The fraction of sp³-hybridized carbons (Fsp3) is 0. The van der Waals surface area contributed by atoms with Gasteiger partial charge in [0.05, 0.1) is 0 Å². The minimum atomic E-state index is -2.77. The molecule has 0 unspecified atom stereocenters. The summed E-state index contributed by atoms with van der Waals surface area (Å²) in [5.74, 6) is 0. The molecule has 0 spiro atoms. The van der Waals surface area contributed by atoms with Crippen LogP contribution in [0.2, 0.25) is 0 Å². The van der Waals surface area contributed by atoms with Gasteiger partial charge in [0.25, 0.3) is 0 Å². The summed E-state index contributed by atoms with van der Waals surface area (Å²) in [6, 6.07) is 18.5. The van der Waals surface area contributed by atoms with E-state index in [1.54, 1.807) is 36.4 Å². The summed E-state index contributed by atoms with van der Waals surface area (Å²) in [6.07, 6.45) is 0. The molecule has 0 aromatic heterocycles. The first-order chi connectivity index (χ1) is 16.3. The van der Waals surface area contributed by atoms with Crippen molar-refractivity contribution in [2.75, 3.05) is 0 Å². The summed E-state index contributed by atoms with van der Waals surface area (Å²) < 4.78 is 17.9. The summed E-state index contributed by atoms with van der Waals surface area (Å²) >= 11 is -2.77. The van der Waals surface area contributed by atoms with Crippen molar-refractivity contribution >= 4 is 61.9 Å². The number of rotatable bonds is 12. The van der Waals surface area contributed by atoms with E-state index in [1.165, 1.54) is 36.4 Å². The first kappa shape index (κ1) is 28.2. The predicted octanol–water partition coefficient (Wildman–Crippen LogP) is -0.767. The molecule has 0 heterocycles. The van der Waals surface area contributed by atoms with Gasteiger partial charge in [-0.25, -0.2) is 0 Å². The van der Waals surface area contributed by atoms with E-state index in [0.717, 1.165) is 0 Å². The second-order valence-corrected chi connectivity index (χ2v) is 15.2. The molecule has 0 N–H and O–H groups in total. The van der Waals surface area contributed by atoms with Crippen molar-refractivity contribution in [3.05, 3.63) is 103 Å². The minimum absolute atomic E-state index is 0. The normalized spacial score (nSPS) is 11.3. The zero-order chi connectivity index (χ0) is 24.5. The van der Waals surface area contributed by atoms with Gasteiger partial charge in [-0.3, -0.25) is 0 Å². The molecule has 0 bridgehead atoms. The number of non-ortho nitro benzene ring substituents is 3. The zero-order valence-electron chi connectivity index (χ0n) is 17.9. The Bertz CT molecular complexity index is 1060. The first-order valence-corrected chi connectivity index (χ1v) is 15.3. The third kappa shape index (κ3) is 8.90. The van der Waals surface area contributed by atoms with E-state index in [0.29, 0.717) is 15.6 Å². The second-order valence-electron chi connectivity index (χ2n) is 6.82. The third-order valence-electron chi connectivity index (χ3n) is 4.37. The van der Waals surface area contributed by atoms with E-state index >= 15 is 0 Å². The molecular formula is C18H18N3O10Si3V. The predicted molar refractivity (Wildman–Crippen MR) is 128 cm³/mol. The van der Waals surface area contributed by atoms with E-state index in [-0.39, 0.29) is 22.5 Å². The van der Waals surface area contributed by atoms with Crippen LogP contribution in [-0.2, 0) is 31.7 Å². The molecule has 0 aliphatic heterocycles. The monoisotopic (exact) mass is 571 g/mol. The topological polar surface area (TPSA) is 186 Å². The molecule has 0 saturated carbocycles. The van der Waals surface area contributed by atoms with Gasteiger partial charge in [-0.15, -0.1) is 0 Å². The molecule has 0 atom stereocenters. The van der Waals surface area contributed by atoms with Gasteiger partial charge in [0, 0.05) is 0 Å². The maximum atomic E-state index is 11.0. The van der Waals surface area contributed by atoms with E-state index in [4.69, 9.17) is 10.1 Å². The van der Waals surface area contributed by atoms with Crippen LogP contribution in [0.15, 0.2) is 72.8 Å². The average molecular weight is 572 g/mol.